The van der Waals surface area contributed by atoms with Crippen LogP contribution in [0.15, 0.2) is 10.8 Å². The smallest absolute Gasteiger partial charge is 0.219 e. The van der Waals surface area contributed by atoms with Crippen molar-refractivity contribution in [2.45, 2.75) is 18.8 Å². The molecule has 1 fully saturated rings. The summed E-state index contributed by atoms with van der Waals surface area (Å²) >= 11 is 0. The SMILES string of the molecule is c1nnc(C2CC2)o1. The van der Waals surface area contributed by atoms with E-state index in [-0.39, 0.29) is 0 Å². The lowest BCUT2D eigenvalue weighted by Gasteiger charge is -1.78. The lowest BCUT2D eigenvalue weighted by Crippen LogP contribution is -1.75. The fourth-order valence-electron chi connectivity index (χ4n) is 0.690. The van der Waals surface area contributed by atoms with Crippen molar-refractivity contribution >= 4 is 0 Å². The summed E-state index contributed by atoms with van der Waals surface area (Å²) in [6, 6.07) is 0. The molecule has 0 aromatic carbocycles. The Morgan fingerprint density at radius 1 is 1.62 bits per heavy atom. The molecule has 0 amide bonds. The van der Waals surface area contributed by atoms with Gasteiger partial charge in [-0.05, 0) is 12.8 Å². The molecule has 1 heterocycles. The molecule has 0 aliphatic heterocycles. The fourth-order valence-corrected chi connectivity index (χ4v) is 0.690. The molecular weight excluding hydrogens is 104 g/mol. The maximum absolute atomic E-state index is 4.94. The zero-order chi connectivity index (χ0) is 5.40. The summed E-state index contributed by atoms with van der Waals surface area (Å²) in [6.45, 7) is 0. The molecule has 42 valence electrons. The topological polar surface area (TPSA) is 38.9 Å². The van der Waals surface area contributed by atoms with E-state index in [9.17, 15) is 0 Å². The van der Waals surface area contributed by atoms with Crippen molar-refractivity contribution in [1.29, 1.82) is 0 Å². The highest BCUT2D eigenvalue weighted by atomic mass is 16.4. The monoisotopic (exact) mass is 110 g/mol. The molecule has 0 radical (unpaired) electrons. The average Bonchev–Trinajstić information content (AvgIpc) is 2.49. The van der Waals surface area contributed by atoms with E-state index in [4.69, 9.17) is 4.42 Å². The number of rotatable bonds is 1. The molecule has 1 aliphatic carbocycles. The Balaban J connectivity index is 2.28. The first-order chi connectivity index (χ1) is 3.97. The van der Waals surface area contributed by atoms with E-state index in [1.54, 1.807) is 0 Å². The van der Waals surface area contributed by atoms with Crippen molar-refractivity contribution in [1.82, 2.24) is 10.2 Å². The summed E-state index contributed by atoms with van der Waals surface area (Å²) < 4.78 is 4.94. The summed E-state index contributed by atoms with van der Waals surface area (Å²) in [7, 11) is 0. The number of hydrogen-bond acceptors (Lipinski definition) is 3. The van der Waals surface area contributed by atoms with Gasteiger partial charge in [0, 0.05) is 5.92 Å². The second-order valence-corrected chi connectivity index (χ2v) is 2.05. The van der Waals surface area contributed by atoms with E-state index in [0.717, 1.165) is 5.89 Å². The first-order valence-corrected chi connectivity index (χ1v) is 2.73. The predicted octanol–water partition coefficient (Wildman–Crippen LogP) is 0.947. The van der Waals surface area contributed by atoms with Crippen LogP contribution in [0, 0.1) is 0 Å². The van der Waals surface area contributed by atoms with E-state index in [1.165, 1.54) is 19.2 Å². The Bertz CT molecular complexity index is 167. The van der Waals surface area contributed by atoms with Crippen LogP contribution in [-0.2, 0) is 0 Å². The van der Waals surface area contributed by atoms with Crippen LogP contribution in [-0.4, -0.2) is 10.2 Å². The van der Waals surface area contributed by atoms with E-state index in [0.29, 0.717) is 5.92 Å². The van der Waals surface area contributed by atoms with Gasteiger partial charge in [0.2, 0.25) is 12.3 Å². The molecule has 3 heteroatoms. The van der Waals surface area contributed by atoms with Gasteiger partial charge >= 0.3 is 0 Å². The standard InChI is InChI=1S/C5H6N2O/c1-2-4(1)5-7-6-3-8-5/h3-4H,1-2H2. The highest BCUT2D eigenvalue weighted by molar-refractivity contribution is 4.97. The highest BCUT2D eigenvalue weighted by Gasteiger charge is 2.27. The van der Waals surface area contributed by atoms with Gasteiger partial charge in [0.05, 0.1) is 0 Å². The summed E-state index contributed by atoms with van der Waals surface area (Å²) in [5.41, 5.74) is 0. The molecule has 0 bridgehead atoms. The van der Waals surface area contributed by atoms with Gasteiger partial charge in [-0.25, -0.2) is 0 Å². The largest absolute Gasteiger partial charge is 0.428 e. The van der Waals surface area contributed by atoms with Crippen LogP contribution in [0.5, 0.6) is 0 Å². The van der Waals surface area contributed by atoms with Crippen LogP contribution in [0.4, 0.5) is 0 Å². The molecule has 2 rings (SSSR count). The Kier molecular flexibility index (Phi) is 0.664. The minimum Gasteiger partial charge on any atom is -0.428 e. The van der Waals surface area contributed by atoms with Gasteiger partial charge in [-0.1, -0.05) is 0 Å². The van der Waals surface area contributed by atoms with Gasteiger partial charge in [-0.15, -0.1) is 10.2 Å². The summed E-state index contributed by atoms with van der Waals surface area (Å²) in [6.07, 6.45) is 3.83. The van der Waals surface area contributed by atoms with Gasteiger partial charge in [0.15, 0.2) is 0 Å². The maximum Gasteiger partial charge on any atom is 0.219 e. The van der Waals surface area contributed by atoms with Gasteiger partial charge in [0.25, 0.3) is 0 Å². The molecule has 0 spiro atoms. The van der Waals surface area contributed by atoms with Crippen LogP contribution >= 0.6 is 0 Å². The number of aromatic nitrogens is 2. The van der Waals surface area contributed by atoms with E-state index < -0.39 is 0 Å². The summed E-state index contributed by atoms with van der Waals surface area (Å²) in [5, 5.41) is 7.33. The molecule has 1 aromatic heterocycles. The normalized spacial score (nSPS) is 19.0. The molecule has 8 heavy (non-hydrogen) atoms. The van der Waals surface area contributed by atoms with E-state index in [1.807, 2.05) is 0 Å². The fraction of sp³-hybridized carbons (Fsp3) is 0.600. The summed E-state index contributed by atoms with van der Waals surface area (Å²) in [4.78, 5) is 0. The zero-order valence-corrected chi connectivity index (χ0v) is 4.37. The van der Waals surface area contributed by atoms with Crippen LogP contribution in [0.25, 0.3) is 0 Å². The third kappa shape index (κ3) is 0.510. The second-order valence-electron chi connectivity index (χ2n) is 2.05. The molecule has 0 saturated heterocycles. The van der Waals surface area contributed by atoms with Crippen molar-refractivity contribution < 1.29 is 4.42 Å². The number of nitrogens with zero attached hydrogens (tertiary/aromatic N) is 2. The van der Waals surface area contributed by atoms with Crippen molar-refractivity contribution in [2.24, 2.45) is 0 Å². The van der Waals surface area contributed by atoms with E-state index in [2.05, 4.69) is 10.2 Å². The Hall–Kier alpha value is -0.860. The van der Waals surface area contributed by atoms with Crippen LogP contribution in [0.1, 0.15) is 24.7 Å². The van der Waals surface area contributed by atoms with Crippen molar-refractivity contribution in [2.75, 3.05) is 0 Å². The lowest BCUT2D eigenvalue weighted by atomic mass is 10.4. The molecule has 0 atom stereocenters. The molecular formula is C5H6N2O. The molecule has 1 aliphatic rings. The molecule has 0 unspecified atom stereocenters. The van der Waals surface area contributed by atoms with Crippen LogP contribution in [0.2, 0.25) is 0 Å². The zero-order valence-electron chi connectivity index (χ0n) is 4.37. The second kappa shape index (κ2) is 1.31. The third-order valence-electron chi connectivity index (χ3n) is 1.30. The van der Waals surface area contributed by atoms with Crippen LogP contribution in [0.3, 0.4) is 0 Å². The quantitative estimate of drug-likeness (QED) is 0.540. The first kappa shape index (κ1) is 4.06. The Morgan fingerprint density at radius 3 is 3.00 bits per heavy atom. The van der Waals surface area contributed by atoms with E-state index >= 15 is 0 Å². The summed E-state index contributed by atoms with van der Waals surface area (Å²) in [5.74, 6) is 1.41. The van der Waals surface area contributed by atoms with Gasteiger partial charge in [-0.2, -0.15) is 0 Å². The minimum atomic E-state index is 0.595. The first-order valence-electron chi connectivity index (χ1n) is 2.73. The molecule has 1 aromatic rings. The van der Waals surface area contributed by atoms with Gasteiger partial charge in [-0.3, -0.25) is 0 Å². The molecule has 3 nitrogen and oxygen atoms in total. The average molecular weight is 110 g/mol. The highest BCUT2D eigenvalue weighted by Crippen LogP contribution is 2.38. The Labute approximate surface area is 46.7 Å². The van der Waals surface area contributed by atoms with Crippen LogP contribution < -0.4 is 0 Å². The molecule has 1 saturated carbocycles. The van der Waals surface area contributed by atoms with Gasteiger partial charge in [0.1, 0.15) is 0 Å². The minimum absolute atomic E-state index is 0.595. The number of hydrogen-bond donors (Lipinski definition) is 0. The third-order valence-corrected chi connectivity index (χ3v) is 1.30. The van der Waals surface area contributed by atoms with Gasteiger partial charge < -0.3 is 4.42 Å². The van der Waals surface area contributed by atoms with Crippen molar-refractivity contribution in [3.63, 3.8) is 0 Å². The maximum atomic E-state index is 4.94. The Morgan fingerprint density at radius 2 is 2.50 bits per heavy atom. The van der Waals surface area contributed by atoms with Crippen molar-refractivity contribution in [3.8, 4) is 0 Å². The van der Waals surface area contributed by atoms with Crippen molar-refractivity contribution in [3.05, 3.63) is 12.3 Å². The lowest BCUT2D eigenvalue weighted by molar-refractivity contribution is 0.495. The molecule has 0 N–H and O–H groups in total. The predicted molar refractivity (Wildman–Crippen MR) is 26.3 cm³/mol.